The van der Waals surface area contributed by atoms with Gasteiger partial charge in [-0.1, -0.05) is 32.9 Å². The van der Waals surface area contributed by atoms with Crippen LogP contribution in [0, 0.1) is 5.92 Å². The maximum Gasteiger partial charge on any atom is 0.261 e. The van der Waals surface area contributed by atoms with Crippen molar-refractivity contribution >= 4 is 21.5 Å². The van der Waals surface area contributed by atoms with Crippen LogP contribution in [0.5, 0.6) is 0 Å². The van der Waals surface area contributed by atoms with Crippen molar-refractivity contribution < 1.29 is 8.42 Å². The van der Waals surface area contributed by atoms with E-state index in [9.17, 15) is 8.42 Å². The predicted molar refractivity (Wildman–Crippen MR) is 106 cm³/mol. The average Bonchev–Trinajstić information content (AvgIpc) is 2.62. The monoisotopic (exact) mass is 373 g/mol. The summed E-state index contributed by atoms with van der Waals surface area (Å²) in [6.45, 7) is 8.42. The van der Waals surface area contributed by atoms with E-state index in [1.165, 1.54) is 12.8 Å². The van der Waals surface area contributed by atoms with Gasteiger partial charge in [-0.2, -0.15) is 0 Å². The lowest BCUT2D eigenvalue weighted by atomic mass is 10.0. The molecule has 0 bridgehead atoms. The van der Waals surface area contributed by atoms with Crippen LogP contribution < -0.4 is 9.62 Å². The Morgan fingerprint density at radius 3 is 2.46 bits per heavy atom. The number of pyridine rings is 1. The molecule has 1 aromatic carbocycles. The first-order valence-electron chi connectivity index (χ1n) is 9.19. The summed E-state index contributed by atoms with van der Waals surface area (Å²) < 4.78 is 27.7. The largest absolute Gasteiger partial charge is 0.356 e. The quantitative estimate of drug-likeness (QED) is 0.851. The van der Waals surface area contributed by atoms with Crippen LogP contribution in [-0.4, -0.2) is 26.5 Å². The van der Waals surface area contributed by atoms with Crippen LogP contribution in [0.15, 0.2) is 47.5 Å². The predicted octanol–water partition coefficient (Wildman–Crippen LogP) is 4.24. The molecule has 5 nitrogen and oxygen atoms in total. The topological polar surface area (TPSA) is 62.3 Å². The van der Waals surface area contributed by atoms with E-state index in [1.54, 1.807) is 24.4 Å². The Morgan fingerprint density at radius 2 is 1.88 bits per heavy atom. The lowest BCUT2D eigenvalue weighted by Crippen LogP contribution is -2.34. The zero-order chi connectivity index (χ0) is 18.7. The van der Waals surface area contributed by atoms with Gasteiger partial charge < -0.3 is 4.90 Å². The summed E-state index contributed by atoms with van der Waals surface area (Å²) in [4.78, 5) is 6.97. The third-order valence-corrected chi connectivity index (χ3v) is 6.24. The Hall–Kier alpha value is -2.08. The van der Waals surface area contributed by atoms with E-state index in [1.807, 2.05) is 18.2 Å². The van der Waals surface area contributed by atoms with E-state index < -0.39 is 10.0 Å². The second kappa shape index (κ2) is 7.66. The fraction of sp³-hybridized carbons (Fsp3) is 0.450. The fourth-order valence-electron chi connectivity index (χ4n) is 3.28. The van der Waals surface area contributed by atoms with Crippen molar-refractivity contribution in [2.45, 2.75) is 44.4 Å². The average molecular weight is 374 g/mol. The number of piperidine rings is 1. The molecule has 1 aromatic heterocycles. The molecule has 1 fully saturated rings. The second-order valence-electron chi connectivity index (χ2n) is 7.43. The van der Waals surface area contributed by atoms with Crippen molar-refractivity contribution in [2.24, 2.45) is 5.92 Å². The van der Waals surface area contributed by atoms with Crippen LogP contribution in [0.3, 0.4) is 0 Å². The molecule has 1 saturated heterocycles. The van der Waals surface area contributed by atoms with E-state index in [0.717, 1.165) is 24.5 Å². The smallest absolute Gasteiger partial charge is 0.261 e. The normalized spacial score (nSPS) is 18.2. The molecular weight excluding hydrogens is 346 g/mol. The molecule has 3 rings (SSSR count). The molecule has 140 valence electrons. The zero-order valence-electron chi connectivity index (χ0n) is 15.6. The van der Waals surface area contributed by atoms with Gasteiger partial charge in [0.05, 0.1) is 16.8 Å². The number of nitrogens with one attached hydrogen (secondary N) is 1. The van der Waals surface area contributed by atoms with Gasteiger partial charge in [0.2, 0.25) is 0 Å². The van der Waals surface area contributed by atoms with E-state index in [0.29, 0.717) is 17.5 Å². The molecular formula is C20H27N3O2S. The number of aromatic nitrogens is 1. The number of nitrogens with zero attached hydrogens (tertiary/aromatic N) is 2. The first-order chi connectivity index (χ1) is 12.3. The summed E-state index contributed by atoms with van der Waals surface area (Å²) in [5.74, 6) is 1.94. The van der Waals surface area contributed by atoms with Crippen molar-refractivity contribution in [1.29, 1.82) is 0 Å². The molecule has 0 amide bonds. The maximum absolute atomic E-state index is 12.6. The minimum Gasteiger partial charge on any atom is -0.356 e. The molecule has 1 aliphatic rings. The first kappa shape index (κ1) is 18.7. The molecule has 0 spiro atoms. The molecule has 2 heterocycles. The van der Waals surface area contributed by atoms with Crippen molar-refractivity contribution in [3.05, 3.63) is 48.2 Å². The lowest BCUT2D eigenvalue weighted by molar-refractivity contribution is 0.444. The van der Waals surface area contributed by atoms with Crippen LogP contribution in [0.1, 0.15) is 45.1 Å². The van der Waals surface area contributed by atoms with Crippen molar-refractivity contribution in [1.82, 2.24) is 4.98 Å². The van der Waals surface area contributed by atoms with Gasteiger partial charge in [0, 0.05) is 13.1 Å². The molecule has 0 saturated carbocycles. The van der Waals surface area contributed by atoms with Crippen LogP contribution in [-0.2, 0) is 10.0 Å². The Balaban J connectivity index is 1.71. The van der Waals surface area contributed by atoms with Gasteiger partial charge in [-0.25, -0.2) is 13.4 Å². The third kappa shape index (κ3) is 4.36. The Bertz CT molecular complexity index is 830. The molecule has 0 radical (unpaired) electrons. The number of rotatable bonds is 5. The first-order valence-corrected chi connectivity index (χ1v) is 10.7. The molecule has 1 unspecified atom stereocenters. The molecule has 2 aromatic rings. The molecule has 1 atom stereocenters. The summed E-state index contributed by atoms with van der Waals surface area (Å²) >= 11 is 0. The highest BCUT2D eigenvalue weighted by molar-refractivity contribution is 7.92. The van der Waals surface area contributed by atoms with E-state index in [2.05, 4.69) is 35.4 Å². The summed E-state index contributed by atoms with van der Waals surface area (Å²) in [5, 5.41) is 0. The molecule has 1 N–H and O–H groups in total. The standard InChI is InChI=1S/C20H27N3O2S/c1-15(2)17-6-9-19(10-7-17)26(24,25)22-18-8-11-20(21-13-18)23-12-4-5-16(3)14-23/h6-11,13,15-16,22H,4-5,12,14H2,1-3H3. The molecule has 1 aliphatic heterocycles. The van der Waals surface area contributed by atoms with Gasteiger partial charge in [0.15, 0.2) is 0 Å². The number of benzene rings is 1. The van der Waals surface area contributed by atoms with Crippen LogP contribution in [0.2, 0.25) is 0 Å². The van der Waals surface area contributed by atoms with Crippen LogP contribution in [0.4, 0.5) is 11.5 Å². The highest BCUT2D eigenvalue weighted by atomic mass is 32.2. The van der Waals surface area contributed by atoms with Gasteiger partial charge in [0.25, 0.3) is 10.0 Å². The van der Waals surface area contributed by atoms with Crippen LogP contribution >= 0.6 is 0 Å². The summed E-state index contributed by atoms with van der Waals surface area (Å²) in [6.07, 6.45) is 4.02. The summed E-state index contributed by atoms with van der Waals surface area (Å²) in [5.41, 5.74) is 1.59. The van der Waals surface area contributed by atoms with Crippen LogP contribution in [0.25, 0.3) is 0 Å². The van der Waals surface area contributed by atoms with E-state index in [4.69, 9.17) is 0 Å². The van der Waals surface area contributed by atoms with Gasteiger partial charge in [-0.15, -0.1) is 0 Å². The van der Waals surface area contributed by atoms with E-state index >= 15 is 0 Å². The van der Waals surface area contributed by atoms with Gasteiger partial charge in [0.1, 0.15) is 5.82 Å². The molecule has 26 heavy (non-hydrogen) atoms. The molecule has 0 aliphatic carbocycles. The Labute approximate surface area is 156 Å². The van der Waals surface area contributed by atoms with E-state index in [-0.39, 0.29) is 4.90 Å². The van der Waals surface area contributed by atoms with Crippen molar-refractivity contribution in [3.63, 3.8) is 0 Å². The number of hydrogen-bond donors (Lipinski definition) is 1. The zero-order valence-corrected chi connectivity index (χ0v) is 16.5. The summed E-state index contributed by atoms with van der Waals surface area (Å²) in [6, 6.07) is 10.7. The highest BCUT2D eigenvalue weighted by Crippen LogP contribution is 2.23. The lowest BCUT2D eigenvalue weighted by Gasteiger charge is -2.31. The second-order valence-corrected chi connectivity index (χ2v) is 9.11. The maximum atomic E-state index is 12.6. The summed E-state index contributed by atoms with van der Waals surface area (Å²) in [7, 11) is -3.61. The Kier molecular flexibility index (Phi) is 5.51. The fourth-order valence-corrected chi connectivity index (χ4v) is 4.32. The molecule has 6 heteroatoms. The van der Waals surface area contributed by atoms with Gasteiger partial charge in [-0.05, 0) is 54.5 Å². The number of anilines is 2. The SMILES string of the molecule is CC1CCCN(c2ccc(NS(=O)(=O)c3ccc(C(C)C)cc3)cn2)C1. The minimum atomic E-state index is -3.61. The Morgan fingerprint density at radius 1 is 1.15 bits per heavy atom. The van der Waals surface area contributed by atoms with Gasteiger partial charge >= 0.3 is 0 Å². The third-order valence-electron chi connectivity index (χ3n) is 4.84. The number of hydrogen-bond acceptors (Lipinski definition) is 4. The number of sulfonamides is 1. The minimum absolute atomic E-state index is 0.260. The van der Waals surface area contributed by atoms with Gasteiger partial charge in [-0.3, -0.25) is 4.72 Å². The van der Waals surface area contributed by atoms with Crippen molar-refractivity contribution in [3.8, 4) is 0 Å². The highest BCUT2D eigenvalue weighted by Gasteiger charge is 2.18. The van der Waals surface area contributed by atoms with Crippen molar-refractivity contribution in [2.75, 3.05) is 22.7 Å².